The number of amides is 2. The van der Waals surface area contributed by atoms with E-state index in [1.54, 1.807) is 23.2 Å². The zero-order valence-corrected chi connectivity index (χ0v) is 18.2. The molecule has 2 aromatic carbocycles. The van der Waals surface area contributed by atoms with Crippen LogP contribution >= 0.6 is 0 Å². The molecular formula is C26H21N5O3. The van der Waals surface area contributed by atoms with Crippen LogP contribution in [0.3, 0.4) is 0 Å². The molecule has 8 heteroatoms. The number of allylic oxidation sites excluding steroid dienone is 1. The fourth-order valence-electron chi connectivity index (χ4n) is 4.56. The van der Waals surface area contributed by atoms with Gasteiger partial charge in [-0.15, -0.1) is 0 Å². The molecule has 8 nitrogen and oxygen atoms in total. The predicted molar refractivity (Wildman–Crippen MR) is 127 cm³/mol. The Kier molecular flexibility index (Phi) is 4.65. The molecule has 0 spiro atoms. The third-order valence-electron chi connectivity index (χ3n) is 6.26. The van der Waals surface area contributed by atoms with Crippen molar-refractivity contribution in [1.29, 1.82) is 0 Å². The summed E-state index contributed by atoms with van der Waals surface area (Å²) >= 11 is 0. The molecule has 2 N–H and O–H groups in total. The summed E-state index contributed by atoms with van der Waals surface area (Å²) in [6.07, 6.45) is 2.89. The maximum atomic E-state index is 13.1. The predicted octanol–water partition coefficient (Wildman–Crippen LogP) is 4.38. The van der Waals surface area contributed by atoms with Crippen LogP contribution in [0.1, 0.15) is 28.8 Å². The van der Waals surface area contributed by atoms with Crippen molar-refractivity contribution in [3.05, 3.63) is 84.2 Å². The molecule has 4 heterocycles. The number of fused-ring (bicyclic) bond motifs is 2. The van der Waals surface area contributed by atoms with Crippen molar-refractivity contribution in [2.45, 2.75) is 25.4 Å². The summed E-state index contributed by atoms with van der Waals surface area (Å²) in [5.74, 6) is 1.30. The maximum Gasteiger partial charge on any atom is 0.255 e. The van der Waals surface area contributed by atoms with Gasteiger partial charge in [0.2, 0.25) is 5.91 Å². The third-order valence-corrected chi connectivity index (χ3v) is 6.26. The monoisotopic (exact) mass is 451 g/mol. The molecule has 4 aromatic rings. The Bertz CT molecular complexity index is 1440. The van der Waals surface area contributed by atoms with E-state index >= 15 is 0 Å². The first-order chi connectivity index (χ1) is 16.6. The van der Waals surface area contributed by atoms with Crippen molar-refractivity contribution in [1.82, 2.24) is 20.2 Å². The van der Waals surface area contributed by atoms with Gasteiger partial charge < -0.3 is 20.0 Å². The van der Waals surface area contributed by atoms with Gasteiger partial charge in [0.05, 0.1) is 0 Å². The van der Waals surface area contributed by atoms with E-state index in [0.717, 1.165) is 22.2 Å². The molecule has 2 aliphatic heterocycles. The Morgan fingerprint density at radius 2 is 2.00 bits per heavy atom. The second-order valence-electron chi connectivity index (χ2n) is 8.45. The number of aromatic nitrogens is 2. The number of piperidine rings is 1. The van der Waals surface area contributed by atoms with E-state index in [-0.39, 0.29) is 11.8 Å². The molecule has 0 bridgehead atoms. The summed E-state index contributed by atoms with van der Waals surface area (Å²) in [5, 5.41) is 7.08. The second-order valence-corrected chi connectivity index (χ2v) is 8.45. The van der Waals surface area contributed by atoms with Gasteiger partial charge in [0.1, 0.15) is 17.4 Å². The van der Waals surface area contributed by atoms with Crippen LogP contribution in [-0.2, 0) is 11.3 Å². The van der Waals surface area contributed by atoms with Gasteiger partial charge in [-0.05, 0) is 43.2 Å². The van der Waals surface area contributed by atoms with Gasteiger partial charge in [-0.25, -0.2) is 9.97 Å². The summed E-state index contributed by atoms with van der Waals surface area (Å²) in [7, 11) is 0. The average molecular weight is 451 g/mol. The van der Waals surface area contributed by atoms with E-state index in [4.69, 9.17) is 4.42 Å². The second kappa shape index (κ2) is 7.84. The fraction of sp³-hybridized carbons (Fsp3) is 0.154. The van der Waals surface area contributed by atoms with Crippen molar-refractivity contribution in [3.8, 4) is 11.6 Å². The van der Waals surface area contributed by atoms with Crippen LogP contribution in [0, 0.1) is 0 Å². The topological polar surface area (TPSA) is 100 Å². The summed E-state index contributed by atoms with van der Waals surface area (Å²) in [5.41, 5.74) is 3.66. The molecule has 1 atom stereocenters. The summed E-state index contributed by atoms with van der Waals surface area (Å²) < 4.78 is 5.90. The number of carbonyl (C=O) groups excluding carboxylic acids is 2. The SMILES string of the molecule is C=C1CCC(N2Cc3c(Nc4ccnc(-c5cc6ccccc6o5)n4)cccc3C2=O)C(=O)N1. The number of para-hydroxylation sites is 1. The molecule has 1 saturated heterocycles. The molecule has 1 unspecified atom stereocenters. The molecule has 0 saturated carbocycles. The van der Waals surface area contributed by atoms with E-state index in [1.807, 2.05) is 42.5 Å². The lowest BCUT2D eigenvalue weighted by Crippen LogP contribution is -2.49. The smallest absolute Gasteiger partial charge is 0.255 e. The van der Waals surface area contributed by atoms with E-state index in [2.05, 4.69) is 27.2 Å². The lowest BCUT2D eigenvalue weighted by Gasteiger charge is -2.31. The Morgan fingerprint density at radius 1 is 1.12 bits per heavy atom. The molecule has 6 rings (SSSR count). The minimum Gasteiger partial charge on any atom is -0.453 e. The number of benzene rings is 2. The number of carbonyl (C=O) groups is 2. The van der Waals surface area contributed by atoms with Gasteiger partial charge in [-0.1, -0.05) is 30.8 Å². The van der Waals surface area contributed by atoms with Crippen molar-refractivity contribution >= 4 is 34.3 Å². The minimum absolute atomic E-state index is 0.142. The largest absolute Gasteiger partial charge is 0.453 e. The van der Waals surface area contributed by atoms with E-state index in [1.165, 1.54) is 0 Å². The van der Waals surface area contributed by atoms with Crippen molar-refractivity contribution in [2.24, 2.45) is 0 Å². The number of anilines is 2. The van der Waals surface area contributed by atoms with Crippen LogP contribution in [-0.4, -0.2) is 32.7 Å². The number of hydrogen-bond donors (Lipinski definition) is 2. The number of furan rings is 1. The highest BCUT2D eigenvalue weighted by Crippen LogP contribution is 2.34. The highest BCUT2D eigenvalue weighted by atomic mass is 16.3. The van der Waals surface area contributed by atoms with Gasteiger partial charge >= 0.3 is 0 Å². The average Bonchev–Trinajstić information content (AvgIpc) is 3.42. The zero-order chi connectivity index (χ0) is 23.2. The Morgan fingerprint density at radius 3 is 2.85 bits per heavy atom. The van der Waals surface area contributed by atoms with Crippen molar-refractivity contribution < 1.29 is 14.0 Å². The molecule has 1 fully saturated rings. The lowest BCUT2D eigenvalue weighted by molar-refractivity contribution is -0.126. The zero-order valence-electron chi connectivity index (χ0n) is 18.2. The van der Waals surface area contributed by atoms with Crippen LogP contribution in [0.2, 0.25) is 0 Å². The Labute approximate surface area is 195 Å². The van der Waals surface area contributed by atoms with E-state index in [0.29, 0.717) is 48.0 Å². The molecule has 2 aromatic heterocycles. The summed E-state index contributed by atoms with van der Waals surface area (Å²) in [4.78, 5) is 36.2. The van der Waals surface area contributed by atoms with Crippen LogP contribution in [0.4, 0.5) is 11.5 Å². The molecular weight excluding hydrogens is 430 g/mol. The fourth-order valence-corrected chi connectivity index (χ4v) is 4.56. The Balaban J connectivity index is 1.28. The van der Waals surface area contributed by atoms with Gasteiger partial charge in [-0.3, -0.25) is 9.59 Å². The maximum absolute atomic E-state index is 13.1. The molecule has 0 aliphatic carbocycles. The first kappa shape index (κ1) is 20.2. The van der Waals surface area contributed by atoms with Crippen LogP contribution < -0.4 is 10.6 Å². The van der Waals surface area contributed by atoms with E-state index < -0.39 is 6.04 Å². The number of nitrogens with one attached hydrogen (secondary N) is 2. The highest BCUT2D eigenvalue weighted by molar-refractivity contribution is 6.03. The first-order valence-electron chi connectivity index (χ1n) is 11.1. The molecule has 0 radical (unpaired) electrons. The highest BCUT2D eigenvalue weighted by Gasteiger charge is 2.39. The first-order valence-corrected chi connectivity index (χ1v) is 11.1. The molecule has 2 amide bonds. The van der Waals surface area contributed by atoms with Gasteiger partial charge in [0, 0.05) is 40.6 Å². The lowest BCUT2D eigenvalue weighted by atomic mass is 10.0. The molecule has 168 valence electrons. The van der Waals surface area contributed by atoms with Gasteiger partial charge in [-0.2, -0.15) is 0 Å². The van der Waals surface area contributed by atoms with Crippen LogP contribution in [0.25, 0.3) is 22.6 Å². The van der Waals surface area contributed by atoms with Gasteiger partial charge in [0.15, 0.2) is 11.6 Å². The van der Waals surface area contributed by atoms with Crippen LogP contribution in [0.5, 0.6) is 0 Å². The number of rotatable bonds is 4. The van der Waals surface area contributed by atoms with Gasteiger partial charge in [0.25, 0.3) is 5.91 Å². The normalized spacial score (nSPS) is 17.7. The summed E-state index contributed by atoms with van der Waals surface area (Å²) in [6, 6.07) is 16.4. The molecule has 2 aliphatic rings. The minimum atomic E-state index is -0.503. The Hall–Kier alpha value is -4.46. The van der Waals surface area contributed by atoms with Crippen LogP contribution in [0.15, 0.2) is 77.5 Å². The standard InChI is InChI=1S/C26H21N5O3/c1-15-9-10-20(25(32)28-15)31-14-18-17(26(31)33)6-4-7-19(18)29-23-11-12-27-24(30-23)22-13-16-5-2-3-8-21(16)34-22/h2-8,11-13,20H,1,9-10,14H2,(H,28,32)(H,27,29,30). The number of nitrogens with zero attached hydrogens (tertiary/aromatic N) is 3. The third kappa shape index (κ3) is 3.40. The van der Waals surface area contributed by atoms with Crippen molar-refractivity contribution in [3.63, 3.8) is 0 Å². The number of hydrogen-bond acceptors (Lipinski definition) is 6. The van der Waals surface area contributed by atoms with Crippen molar-refractivity contribution in [2.75, 3.05) is 5.32 Å². The molecule has 34 heavy (non-hydrogen) atoms. The summed E-state index contributed by atoms with van der Waals surface area (Å²) in [6.45, 7) is 4.17. The van der Waals surface area contributed by atoms with E-state index in [9.17, 15) is 9.59 Å². The quantitative estimate of drug-likeness (QED) is 0.478.